The average Bonchev–Trinajstić information content (AvgIpc) is 2.53. The van der Waals surface area contributed by atoms with Gasteiger partial charge < -0.3 is 21.1 Å². The van der Waals surface area contributed by atoms with Crippen LogP contribution in [0.5, 0.6) is 0 Å². The third kappa shape index (κ3) is 6.58. The van der Waals surface area contributed by atoms with Crippen molar-refractivity contribution in [3.63, 3.8) is 0 Å². The molecule has 134 valence electrons. The van der Waals surface area contributed by atoms with Crippen LogP contribution in [0.25, 0.3) is 0 Å². The first-order valence-electron chi connectivity index (χ1n) is 8.28. The molecule has 1 atom stereocenters. The minimum Gasteiger partial charge on any atom is -0.388 e. The lowest BCUT2D eigenvalue weighted by Gasteiger charge is -2.24. The summed E-state index contributed by atoms with van der Waals surface area (Å²) in [4.78, 5) is 24.0. The minimum absolute atomic E-state index is 0.142. The van der Waals surface area contributed by atoms with Crippen molar-refractivity contribution in [1.82, 2.24) is 10.6 Å². The monoisotopic (exact) mass is 335 g/mol. The van der Waals surface area contributed by atoms with E-state index in [-0.39, 0.29) is 18.0 Å². The maximum Gasteiger partial charge on any atom is 0.319 e. The Morgan fingerprint density at radius 3 is 2.12 bits per heavy atom. The molecule has 0 aliphatic carbocycles. The molecule has 0 fully saturated rings. The normalized spacial score (nSPS) is 13.8. The summed E-state index contributed by atoms with van der Waals surface area (Å²) in [5.74, 6) is -0.142. The molecule has 1 unspecified atom stereocenters. The van der Waals surface area contributed by atoms with Crippen LogP contribution in [-0.2, 0) is 0 Å². The molecule has 0 heterocycles. The maximum absolute atomic E-state index is 12.2. The van der Waals surface area contributed by atoms with Crippen molar-refractivity contribution >= 4 is 17.6 Å². The molecular weight excluding hydrogens is 306 g/mol. The van der Waals surface area contributed by atoms with Gasteiger partial charge in [0.1, 0.15) is 0 Å². The number of rotatable bonds is 7. The second kappa shape index (κ2) is 8.15. The van der Waals surface area contributed by atoms with Crippen LogP contribution in [0.4, 0.5) is 10.5 Å². The lowest BCUT2D eigenvalue weighted by Crippen LogP contribution is -2.42. The van der Waals surface area contributed by atoms with Gasteiger partial charge in [0.25, 0.3) is 5.91 Å². The van der Waals surface area contributed by atoms with Gasteiger partial charge in [0.05, 0.1) is 5.60 Å². The molecule has 4 N–H and O–H groups in total. The molecule has 1 aromatic rings. The second-order valence-electron chi connectivity index (χ2n) is 6.93. The van der Waals surface area contributed by atoms with E-state index in [0.29, 0.717) is 17.7 Å². The number of hydrogen-bond donors (Lipinski definition) is 4. The Bertz CT molecular complexity index is 565. The van der Waals surface area contributed by atoms with Gasteiger partial charge in [0.2, 0.25) is 0 Å². The number of aliphatic hydroxyl groups is 1. The van der Waals surface area contributed by atoms with Gasteiger partial charge in [-0.05, 0) is 57.9 Å². The van der Waals surface area contributed by atoms with Crippen LogP contribution in [0.3, 0.4) is 0 Å². The van der Waals surface area contributed by atoms with Crippen LogP contribution in [0.15, 0.2) is 24.3 Å². The summed E-state index contributed by atoms with van der Waals surface area (Å²) in [5.41, 5.74) is -0.0681. The van der Waals surface area contributed by atoms with Gasteiger partial charge in [-0.1, -0.05) is 13.8 Å². The van der Waals surface area contributed by atoms with E-state index in [1.807, 2.05) is 27.7 Å². The fraction of sp³-hybridized carbons (Fsp3) is 0.556. The molecule has 6 heteroatoms. The summed E-state index contributed by atoms with van der Waals surface area (Å²) < 4.78 is 0. The van der Waals surface area contributed by atoms with Gasteiger partial charge in [-0.25, -0.2) is 4.79 Å². The van der Waals surface area contributed by atoms with Crippen LogP contribution in [0.1, 0.15) is 57.8 Å². The zero-order chi connectivity index (χ0) is 18.4. The van der Waals surface area contributed by atoms with Crippen molar-refractivity contribution in [3.05, 3.63) is 29.8 Å². The molecule has 0 bridgehead atoms. The zero-order valence-corrected chi connectivity index (χ0v) is 15.2. The fourth-order valence-electron chi connectivity index (χ4n) is 1.74. The van der Waals surface area contributed by atoms with Crippen LogP contribution < -0.4 is 16.0 Å². The van der Waals surface area contributed by atoms with Crippen molar-refractivity contribution in [2.45, 2.75) is 58.6 Å². The first-order valence-corrected chi connectivity index (χ1v) is 8.28. The number of amides is 3. The SMILES string of the molecule is CCC(C)(O)CNC(=O)Nc1ccc(C(=O)NC(C)(C)CC)cc1. The second-order valence-corrected chi connectivity index (χ2v) is 6.93. The number of carbonyl (C=O) groups is 2. The molecule has 3 amide bonds. The molecule has 0 radical (unpaired) electrons. The summed E-state index contributed by atoms with van der Waals surface area (Å²) in [6.07, 6.45) is 1.38. The van der Waals surface area contributed by atoms with Gasteiger partial charge in [0.15, 0.2) is 0 Å². The number of nitrogens with one attached hydrogen (secondary N) is 3. The van der Waals surface area contributed by atoms with Crippen molar-refractivity contribution in [1.29, 1.82) is 0 Å². The average molecular weight is 335 g/mol. The highest BCUT2D eigenvalue weighted by atomic mass is 16.3. The first-order chi connectivity index (χ1) is 11.1. The largest absolute Gasteiger partial charge is 0.388 e. The van der Waals surface area contributed by atoms with Gasteiger partial charge >= 0.3 is 6.03 Å². The summed E-state index contributed by atoms with van der Waals surface area (Å²) in [6.45, 7) is 9.64. The van der Waals surface area contributed by atoms with Crippen molar-refractivity contribution < 1.29 is 14.7 Å². The molecule has 0 aliphatic heterocycles. The number of benzene rings is 1. The third-order valence-electron chi connectivity index (χ3n) is 4.13. The molecule has 6 nitrogen and oxygen atoms in total. The van der Waals surface area contributed by atoms with Crippen LogP contribution in [0, 0.1) is 0 Å². The number of hydrogen-bond acceptors (Lipinski definition) is 3. The summed E-state index contributed by atoms with van der Waals surface area (Å²) in [5, 5.41) is 18.1. The van der Waals surface area contributed by atoms with Crippen molar-refractivity contribution in [2.24, 2.45) is 0 Å². The van der Waals surface area contributed by atoms with E-state index < -0.39 is 11.6 Å². The Morgan fingerprint density at radius 1 is 1.04 bits per heavy atom. The summed E-state index contributed by atoms with van der Waals surface area (Å²) in [6, 6.07) is 6.28. The van der Waals surface area contributed by atoms with Gasteiger partial charge in [-0.3, -0.25) is 4.79 Å². The number of anilines is 1. The molecule has 0 aliphatic rings. The van der Waals surface area contributed by atoms with E-state index in [1.54, 1.807) is 31.2 Å². The highest BCUT2D eigenvalue weighted by Gasteiger charge is 2.19. The Hall–Kier alpha value is -2.08. The van der Waals surface area contributed by atoms with E-state index in [2.05, 4.69) is 16.0 Å². The van der Waals surface area contributed by atoms with Crippen molar-refractivity contribution in [2.75, 3.05) is 11.9 Å². The Labute approximate surface area is 144 Å². The van der Waals surface area contributed by atoms with Crippen LogP contribution >= 0.6 is 0 Å². The van der Waals surface area contributed by atoms with E-state index in [0.717, 1.165) is 6.42 Å². The zero-order valence-electron chi connectivity index (χ0n) is 15.2. The number of urea groups is 1. The molecule has 0 spiro atoms. The summed E-state index contributed by atoms with van der Waals surface area (Å²) in [7, 11) is 0. The van der Waals surface area contributed by atoms with E-state index in [9.17, 15) is 14.7 Å². The molecule has 0 aromatic heterocycles. The Balaban J connectivity index is 2.59. The fourth-order valence-corrected chi connectivity index (χ4v) is 1.74. The minimum atomic E-state index is -0.925. The Morgan fingerprint density at radius 2 is 1.62 bits per heavy atom. The van der Waals surface area contributed by atoms with Crippen molar-refractivity contribution in [3.8, 4) is 0 Å². The predicted octanol–water partition coefficient (Wildman–Crippen LogP) is 2.89. The molecular formula is C18H29N3O3. The van der Waals surface area contributed by atoms with E-state index in [4.69, 9.17) is 0 Å². The number of carbonyl (C=O) groups excluding carboxylic acids is 2. The lowest BCUT2D eigenvalue weighted by atomic mass is 10.0. The molecule has 1 rings (SSSR count). The third-order valence-corrected chi connectivity index (χ3v) is 4.13. The van der Waals surface area contributed by atoms with E-state index >= 15 is 0 Å². The first kappa shape index (κ1) is 20.0. The predicted molar refractivity (Wildman–Crippen MR) is 96.2 cm³/mol. The highest BCUT2D eigenvalue weighted by molar-refractivity contribution is 5.95. The topological polar surface area (TPSA) is 90.5 Å². The highest BCUT2D eigenvalue weighted by Crippen LogP contribution is 2.13. The molecule has 0 saturated heterocycles. The summed E-state index contributed by atoms with van der Waals surface area (Å²) >= 11 is 0. The van der Waals surface area contributed by atoms with Gasteiger partial charge in [0, 0.05) is 23.3 Å². The maximum atomic E-state index is 12.2. The van der Waals surface area contributed by atoms with Gasteiger partial charge in [-0.2, -0.15) is 0 Å². The standard InChI is InChI=1S/C18H29N3O3/c1-6-17(3,4)21-15(22)13-8-10-14(11-9-13)20-16(23)19-12-18(5,24)7-2/h8-11,24H,6-7,12H2,1-5H3,(H,21,22)(H2,19,20,23). The smallest absolute Gasteiger partial charge is 0.319 e. The Kier molecular flexibility index (Phi) is 6.78. The quantitative estimate of drug-likeness (QED) is 0.617. The molecule has 1 aromatic carbocycles. The lowest BCUT2D eigenvalue weighted by molar-refractivity contribution is 0.0587. The van der Waals surface area contributed by atoms with E-state index in [1.165, 1.54) is 0 Å². The molecule has 24 heavy (non-hydrogen) atoms. The van der Waals surface area contributed by atoms with Crippen LogP contribution in [-0.4, -0.2) is 34.7 Å². The molecule has 0 saturated carbocycles. The van der Waals surface area contributed by atoms with Crippen LogP contribution in [0.2, 0.25) is 0 Å². The van der Waals surface area contributed by atoms with Gasteiger partial charge in [-0.15, -0.1) is 0 Å².